The standard InChI is InChI=1S/C10H10F2N2O2S/c11-7-3-4-8-10(9(7)12)17(15,16)13-5-14(8)6-1-2-6/h3-4,6,13H,1-2,5H2. The van der Waals surface area contributed by atoms with Gasteiger partial charge in [-0.15, -0.1) is 0 Å². The van der Waals surface area contributed by atoms with Crippen LogP contribution in [-0.4, -0.2) is 21.1 Å². The Hall–Kier alpha value is -1.21. The van der Waals surface area contributed by atoms with Crippen LogP contribution in [0.25, 0.3) is 0 Å². The number of fused-ring (bicyclic) bond motifs is 1. The van der Waals surface area contributed by atoms with Gasteiger partial charge in [-0.05, 0) is 25.0 Å². The lowest BCUT2D eigenvalue weighted by atomic mass is 10.2. The summed E-state index contributed by atoms with van der Waals surface area (Å²) in [6.07, 6.45) is 1.89. The fourth-order valence-corrected chi connectivity index (χ4v) is 3.27. The van der Waals surface area contributed by atoms with Crippen LogP contribution in [0.1, 0.15) is 12.8 Å². The Kier molecular flexibility index (Phi) is 2.18. The van der Waals surface area contributed by atoms with Gasteiger partial charge in [0.2, 0.25) is 10.0 Å². The molecule has 2 aliphatic rings. The Morgan fingerprint density at radius 1 is 1.29 bits per heavy atom. The highest BCUT2D eigenvalue weighted by Gasteiger charge is 2.39. The van der Waals surface area contributed by atoms with Gasteiger partial charge in [-0.2, -0.15) is 4.72 Å². The van der Waals surface area contributed by atoms with E-state index in [1.165, 1.54) is 6.07 Å². The Bertz CT molecular complexity index is 584. The molecule has 1 heterocycles. The average molecular weight is 260 g/mol. The zero-order chi connectivity index (χ0) is 12.2. The molecule has 0 amide bonds. The third-order valence-electron chi connectivity index (χ3n) is 3.02. The van der Waals surface area contributed by atoms with Crippen molar-refractivity contribution in [2.45, 2.75) is 23.8 Å². The largest absolute Gasteiger partial charge is 0.354 e. The first-order chi connectivity index (χ1) is 8.00. The number of sulfonamides is 1. The van der Waals surface area contributed by atoms with Crippen LogP contribution in [0.3, 0.4) is 0 Å². The molecule has 0 bridgehead atoms. The summed E-state index contributed by atoms with van der Waals surface area (Å²) in [5.74, 6) is -2.45. The van der Waals surface area contributed by atoms with Crippen LogP contribution in [0.4, 0.5) is 14.5 Å². The van der Waals surface area contributed by atoms with Crippen LogP contribution >= 0.6 is 0 Å². The molecule has 0 saturated heterocycles. The Morgan fingerprint density at radius 2 is 2.00 bits per heavy atom. The second-order valence-electron chi connectivity index (χ2n) is 4.22. The van der Waals surface area contributed by atoms with Crippen LogP contribution < -0.4 is 9.62 Å². The molecule has 0 spiro atoms. The highest BCUT2D eigenvalue weighted by atomic mass is 32.2. The minimum atomic E-state index is -3.94. The van der Waals surface area contributed by atoms with E-state index in [0.717, 1.165) is 18.9 Å². The summed E-state index contributed by atoms with van der Waals surface area (Å²) >= 11 is 0. The Balaban J connectivity index is 2.24. The van der Waals surface area contributed by atoms with Gasteiger partial charge in [-0.3, -0.25) is 0 Å². The predicted octanol–water partition coefficient (Wildman–Crippen LogP) is 1.18. The lowest BCUT2D eigenvalue weighted by molar-refractivity contribution is 0.478. The highest BCUT2D eigenvalue weighted by Crippen LogP contribution is 2.38. The van der Waals surface area contributed by atoms with Crippen molar-refractivity contribution in [3.63, 3.8) is 0 Å². The van der Waals surface area contributed by atoms with E-state index in [1.807, 2.05) is 0 Å². The van der Waals surface area contributed by atoms with Gasteiger partial charge >= 0.3 is 0 Å². The fraction of sp³-hybridized carbons (Fsp3) is 0.400. The van der Waals surface area contributed by atoms with Gasteiger partial charge in [0.1, 0.15) is 4.90 Å². The van der Waals surface area contributed by atoms with Gasteiger partial charge in [0.25, 0.3) is 0 Å². The van der Waals surface area contributed by atoms with Gasteiger partial charge in [0, 0.05) is 6.04 Å². The number of rotatable bonds is 1. The number of hydrogen-bond acceptors (Lipinski definition) is 3. The van der Waals surface area contributed by atoms with Gasteiger partial charge in [0.05, 0.1) is 12.4 Å². The number of anilines is 1. The zero-order valence-electron chi connectivity index (χ0n) is 8.78. The summed E-state index contributed by atoms with van der Waals surface area (Å²) < 4.78 is 52.3. The summed E-state index contributed by atoms with van der Waals surface area (Å²) in [5.41, 5.74) is 0.255. The van der Waals surface area contributed by atoms with Gasteiger partial charge < -0.3 is 4.90 Å². The summed E-state index contributed by atoms with van der Waals surface area (Å²) in [5, 5.41) is 0. The molecular formula is C10H10F2N2O2S. The predicted molar refractivity (Wildman–Crippen MR) is 57.0 cm³/mol. The maximum atomic E-state index is 13.6. The molecule has 0 unspecified atom stereocenters. The SMILES string of the molecule is O=S1(=O)NCN(C2CC2)c2ccc(F)c(F)c21. The zero-order valence-corrected chi connectivity index (χ0v) is 9.60. The average Bonchev–Trinajstić information content (AvgIpc) is 3.06. The monoisotopic (exact) mass is 260 g/mol. The van der Waals surface area contributed by atoms with Crippen molar-refractivity contribution in [1.29, 1.82) is 0 Å². The minimum absolute atomic E-state index is 0.116. The molecule has 92 valence electrons. The van der Waals surface area contributed by atoms with Crippen molar-refractivity contribution in [2.24, 2.45) is 0 Å². The Labute approximate surface area is 97.3 Å². The molecule has 3 rings (SSSR count). The molecule has 1 N–H and O–H groups in total. The van der Waals surface area contributed by atoms with Crippen molar-refractivity contribution < 1.29 is 17.2 Å². The minimum Gasteiger partial charge on any atom is -0.354 e. The van der Waals surface area contributed by atoms with Crippen LogP contribution in [0.5, 0.6) is 0 Å². The second kappa shape index (κ2) is 3.39. The van der Waals surface area contributed by atoms with Crippen molar-refractivity contribution in [1.82, 2.24) is 4.72 Å². The molecule has 0 atom stereocenters. The van der Waals surface area contributed by atoms with E-state index < -0.39 is 26.6 Å². The van der Waals surface area contributed by atoms with Gasteiger partial charge in [-0.25, -0.2) is 17.2 Å². The third-order valence-corrected chi connectivity index (χ3v) is 4.45. The lowest BCUT2D eigenvalue weighted by Crippen LogP contribution is -2.44. The fourth-order valence-electron chi connectivity index (χ4n) is 2.03. The molecule has 0 radical (unpaired) electrons. The number of benzene rings is 1. The van der Waals surface area contributed by atoms with E-state index in [2.05, 4.69) is 4.72 Å². The van der Waals surface area contributed by atoms with Gasteiger partial charge in [-0.1, -0.05) is 0 Å². The van der Waals surface area contributed by atoms with Gasteiger partial charge in [0.15, 0.2) is 11.6 Å². The second-order valence-corrected chi connectivity index (χ2v) is 5.92. The lowest BCUT2D eigenvalue weighted by Gasteiger charge is -2.31. The normalized spacial score (nSPS) is 22.4. The van der Waals surface area contributed by atoms with Crippen molar-refractivity contribution >= 4 is 15.7 Å². The molecular weight excluding hydrogens is 250 g/mol. The van der Waals surface area contributed by atoms with E-state index in [0.29, 0.717) is 0 Å². The molecule has 1 aliphatic carbocycles. The summed E-state index contributed by atoms with van der Waals surface area (Å²) in [7, 11) is -3.94. The molecule has 7 heteroatoms. The maximum Gasteiger partial charge on any atom is 0.247 e. The molecule has 1 saturated carbocycles. The summed E-state index contributed by atoms with van der Waals surface area (Å²) in [6.45, 7) is 0.116. The molecule has 17 heavy (non-hydrogen) atoms. The first-order valence-electron chi connectivity index (χ1n) is 5.25. The number of nitrogens with one attached hydrogen (secondary N) is 1. The molecule has 1 aliphatic heterocycles. The molecule has 1 fully saturated rings. The summed E-state index contributed by atoms with van der Waals surface area (Å²) in [4.78, 5) is 1.19. The number of halogens is 2. The third kappa shape index (κ3) is 1.61. The smallest absolute Gasteiger partial charge is 0.247 e. The van der Waals surface area contributed by atoms with E-state index in [9.17, 15) is 17.2 Å². The van der Waals surface area contributed by atoms with E-state index >= 15 is 0 Å². The Morgan fingerprint density at radius 3 is 2.65 bits per heavy atom. The van der Waals surface area contributed by atoms with Crippen LogP contribution in [0.2, 0.25) is 0 Å². The van der Waals surface area contributed by atoms with E-state index in [1.54, 1.807) is 4.90 Å². The topological polar surface area (TPSA) is 49.4 Å². The first kappa shape index (κ1) is 10.9. The number of nitrogens with zero attached hydrogens (tertiary/aromatic N) is 1. The van der Waals surface area contributed by atoms with Crippen molar-refractivity contribution in [2.75, 3.05) is 11.6 Å². The maximum absolute atomic E-state index is 13.6. The number of hydrogen-bond donors (Lipinski definition) is 1. The van der Waals surface area contributed by atoms with Crippen LogP contribution in [0.15, 0.2) is 17.0 Å². The van der Waals surface area contributed by atoms with E-state index in [4.69, 9.17) is 0 Å². The molecule has 1 aromatic carbocycles. The van der Waals surface area contributed by atoms with Crippen LogP contribution in [0, 0.1) is 11.6 Å². The van der Waals surface area contributed by atoms with Crippen molar-refractivity contribution in [3.05, 3.63) is 23.8 Å². The molecule has 0 aromatic heterocycles. The van der Waals surface area contributed by atoms with E-state index in [-0.39, 0.29) is 18.4 Å². The highest BCUT2D eigenvalue weighted by molar-refractivity contribution is 7.89. The molecule has 1 aromatic rings. The van der Waals surface area contributed by atoms with Crippen molar-refractivity contribution in [3.8, 4) is 0 Å². The summed E-state index contributed by atoms with van der Waals surface area (Å²) in [6, 6.07) is 2.51. The quantitative estimate of drug-likeness (QED) is 0.825. The first-order valence-corrected chi connectivity index (χ1v) is 6.73. The van der Waals surface area contributed by atoms with Crippen LogP contribution in [-0.2, 0) is 10.0 Å². The molecule has 4 nitrogen and oxygen atoms in total.